The lowest BCUT2D eigenvalue weighted by atomic mass is 9.90. The van der Waals surface area contributed by atoms with Crippen LogP contribution in [0.4, 0.5) is 5.69 Å². The summed E-state index contributed by atoms with van der Waals surface area (Å²) in [6.45, 7) is 4.27. The fourth-order valence-corrected chi connectivity index (χ4v) is 5.29. The first kappa shape index (κ1) is 21.0. The van der Waals surface area contributed by atoms with Gasteiger partial charge in [-0.3, -0.25) is 9.69 Å². The Kier molecular flexibility index (Phi) is 5.95. The summed E-state index contributed by atoms with van der Waals surface area (Å²) in [7, 11) is -3.74. The highest BCUT2D eigenvalue weighted by atomic mass is 32.2. The molecule has 6 nitrogen and oxygen atoms in total. The van der Waals surface area contributed by atoms with Crippen molar-refractivity contribution in [1.82, 2.24) is 4.90 Å². The number of hydrogen-bond acceptors (Lipinski definition) is 4. The summed E-state index contributed by atoms with van der Waals surface area (Å²) in [5.74, 6) is 0.743. The van der Waals surface area contributed by atoms with Crippen molar-refractivity contribution < 1.29 is 13.2 Å². The van der Waals surface area contributed by atoms with Gasteiger partial charge < -0.3 is 4.90 Å². The Labute approximate surface area is 178 Å². The predicted molar refractivity (Wildman–Crippen MR) is 118 cm³/mol. The Morgan fingerprint density at radius 3 is 2.47 bits per heavy atom. The van der Waals surface area contributed by atoms with Gasteiger partial charge >= 0.3 is 0 Å². The summed E-state index contributed by atoms with van der Waals surface area (Å²) >= 11 is 0. The third-order valence-electron chi connectivity index (χ3n) is 6.30. The second-order valence-electron chi connectivity index (χ2n) is 8.56. The molecule has 2 aromatic carbocycles. The number of carbonyl (C=O) groups excluding carboxylic acids is 1. The molecule has 1 atom stereocenters. The molecule has 1 saturated heterocycles. The molecule has 0 spiro atoms. The number of sulfonamides is 1. The van der Waals surface area contributed by atoms with Crippen molar-refractivity contribution in [3.05, 3.63) is 59.7 Å². The zero-order valence-electron chi connectivity index (χ0n) is 17.3. The topological polar surface area (TPSA) is 83.7 Å². The molecule has 0 bridgehead atoms. The normalized spacial score (nSPS) is 20.3. The molecule has 1 fully saturated rings. The molecule has 0 radical (unpaired) electrons. The average Bonchev–Trinajstić information content (AvgIpc) is 3.04. The molecule has 1 amide bonds. The fraction of sp³-hybridized carbons (Fsp3) is 0.435. The van der Waals surface area contributed by atoms with E-state index in [2.05, 4.69) is 29.2 Å². The lowest BCUT2D eigenvalue weighted by Gasteiger charge is -2.33. The number of benzene rings is 2. The molecular formula is C23H29N3O3S. The van der Waals surface area contributed by atoms with E-state index in [4.69, 9.17) is 5.14 Å². The first-order valence-corrected chi connectivity index (χ1v) is 12.1. The summed E-state index contributed by atoms with van der Waals surface area (Å²) in [6.07, 6.45) is 3.95. The quantitative estimate of drug-likeness (QED) is 0.795. The second kappa shape index (κ2) is 8.49. The van der Waals surface area contributed by atoms with Crippen LogP contribution in [-0.4, -0.2) is 44.9 Å². The van der Waals surface area contributed by atoms with Crippen molar-refractivity contribution >= 4 is 21.6 Å². The van der Waals surface area contributed by atoms with E-state index in [9.17, 15) is 13.2 Å². The first-order valence-electron chi connectivity index (χ1n) is 10.6. The van der Waals surface area contributed by atoms with Crippen LogP contribution in [0.1, 0.15) is 30.9 Å². The maximum atomic E-state index is 13.1. The third kappa shape index (κ3) is 4.58. The second-order valence-corrected chi connectivity index (χ2v) is 10.1. The molecule has 0 aromatic heterocycles. The van der Waals surface area contributed by atoms with Gasteiger partial charge in [-0.25, -0.2) is 13.6 Å². The van der Waals surface area contributed by atoms with Crippen molar-refractivity contribution in [2.45, 2.75) is 43.5 Å². The van der Waals surface area contributed by atoms with E-state index in [0.29, 0.717) is 18.9 Å². The molecule has 0 aliphatic carbocycles. The Bertz CT molecular complexity index is 1020. The number of nitrogens with two attached hydrogens (primary N) is 1. The van der Waals surface area contributed by atoms with E-state index in [1.54, 1.807) is 12.1 Å². The monoisotopic (exact) mass is 427 g/mol. The Morgan fingerprint density at radius 1 is 1.10 bits per heavy atom. The van der Waals surface area contributed by atoms with E-state index < -0.39 is 10.0 Å². The number of amides is 1. The van der Waals surface area contributed by atoms with Gasteiger partial charge in [0.1, 0.15) is 0 Å². The number of nitrogens with zero attached hydrogens (tertiary/aromatic N) is 2. The number of hydrogen-bond donors (Lipinski definition) is 1. The van der Waals surface area contributed by atoms with Gasteiger partial charge in [0, 0.05) is 11.7 Å². The van der Waals surface area contributed by atoms with E-state index in [1.165, 1.54) is 11.6 Å². The molecule has 7 heteroatoms. The van der Waals surface area contributed by atoms with Crippen LogP contribution >= 0.6 is 0 Å². The van der Waals surface area contributed by atoms with Gasteiger partial charge in [0.05, 0.1) is 11.4 Å². The molecule has 4 rings (SSSR count). The number of primary sulfonamides is 1. The van der Waals surface area contributed by atoms with E-state index in [0.717, 1.165) is 43.6 Å². The van der Waals surface area contributed by atoms with Gasteiger partial charge in [-0.05, 0) is 80.9 Å². The summed E-state index contributed by atoms with van der Waals surface area (Å²) in [6, 6.07) is 15.4. The van der Waals surface area contributed by atoms with Crippen LogP contribution in [0, 0.1) is 5.92 Å². The van der Waals surface area contributed by atoms with Crippen LogP contribution < -0.4 is 10.0 Å². The van der Waals surface area contributed by atoms with Crippen molar-refractivity contribution in [2.75, 3.05) is 24.5 Å². The zero-order chi connectivity index (χ0) is 21.3. The zero-order valence-corrected chi connectivity index (χ0v) is 18.1. The van der Waals surface area contributed by atoms with Gasteiger partial charge in [0.2, 0.25) is 15.9 Å². The molecule has 30 heavy (non-hydrogen) atoms. The van der Waals surface area contributed by atoms with Gasteiger partial charge in [-0.2, -0.15) is 0 Å². The molecule has 2 aliphatic rings. The Hall–Kier alpha value is -2.22. The number of fused-ring (bicyclic) bond motifs is 1. The minimum absolute atomic E-state index is 0.0128. The highest BCUT2D eigenvalue weighted by Crippen LogP contribution is 2.34. The number of likely N-dealkylation sites (tertiary alicyclic amines) is 1. The highest BCUT2D eigenvalue weighted by Gasteiger charge is 2.33. The predicted octanol–water partition coefficient (Wildman–Crippen LogP) is 2.57. The fourth-order valence-electron chi connectivity index (χ4n) is 4.73. The minimum atomic E-state index is -3.74. The summed E-state index contributed by atoms with van der Waals surface area (Å²) in [5.41, 5.74) is 3.05. The lowest BCUT2D eigenvalue weighted by molar-refractivity contribution is -0.120. The van der Waals surface area contributed by atoms with Crippen LogP contribution in [0.25, 0.3) is 0 Å². The van der Waals surface area contributed by atoms with Crippen molar-refractivity contribution in [1.29, 1.82) is 0 Å². The van der Waals surface area contributed by atoms with E-state index in [-0.39, 0.29) is 16.8 Å². The van der Waals surface area contributed by atoms with Crippen LogP contribution in [-0.2, 0) is 27.7 Å². The van der Waals surface area contributed by atoms with E-state index >= 15 is 0 Å². The van der Waals surface area contributed by atoms with Crippen molar-refractivity contribution in [3.8, 4) is 0 Å². The molecule has 2 aliphatic heterocycles. The molecular weight excluding hydrogens is 398 g/mol. The largest absolute Gasteiger partial charge is 0.308 e. The standard InChI is InChI=1S/C23H29N3O3S/c1-17-13-20-15-21(30(24,28)29)7-8-22(20)26(17)23(27)16-25-11-9-19(10-12-25)14-18-5-3-2-4-6-18/h2-8,15,17,19H,9-14,16H2,1H3,(H2,24,28,29)/t17-/m1/s1. The number of anilines is 1. The first-order chi connectivity index (χ1) is 14.3. The molecule has 2 aromatic rings. The van der Waals surface area contributed by atoms with E-state index in [1.807, 2.05) is 17.9 Å². The maximum absolute atomic E-state index is 13.1. The molecule has 160 valence electrons. The van der Waals surface area contributed by atoms with Crippen LogP contribution in [0.3, 0.4) is 0 Å². The van der Waals surface area contributed by atoms with Gasteiger partial charge in [-0.15, -0.1) is 0 Å². The van der Waals surface area contributed by atoms with Gasteiger partial charge in [-0.1, -0.05) is 30.3 Å². The number of rotatable bonds is 5. The summed E-state index contributed by atoms with van der Waals surface area (Å²) in [5, 5.41) is 5.25. The van der Waals surface area contributed by atoms with Crippen LogP contribution in [0.15, 0.2) is 53.4 Å². The molecule has 0 unspecified atom stereocenters. The Morgan fingerprint density at radius 2 is 1.80 bits per heavy atom. The SMILES string of the molecule is C[C@@H]1Cc2cc(S(N)(=O)=O)ccc2N1C(=O)CN1CCC(Cc2ccccc2)CC1. The van der Waals surface area contributed by atoms with Gasteiger partial charge in [0.15, 0.2) is 0 Å². The minimum Gasteiger partial charge on any atom is -0.308 e. The number of carbonyl (C=O) groups is 1. The van der Waals surface area contributed by atoms with Crippen LogP contribution in [0.2, 0.25) is 0 Å². The van der Waals surface area contributed by atoms with Crippen LogP contribution in [0.5, 0.6) is 0 Å². The molecule has 2 N–H and O–H groups in total. The van der Waals surface area contributed by atoms with Crippen molar-refractivity contribution in [2.24, 2.45) is 11.1 Å². The smallest absolute Gasteiger partial charge is 0.241 e. The summed E-state index contributed by atoms with van der Waals surface area (Å²) < 4.78 is 23.2. The molecule has 0 saturated carbocycles. The third-order valence-corrected chi connectivity index (χ3v) is 7.21. The highest BCUT2D eigenvalue weighted by molar-refractivity contribution is 7.89. The molecule has 2 heterocycles. The van der Waals surface area contributed by atoms with Crippen molar-refractivity contribution in [3.63, 3.8) is 0 Å². The lowest BCUT2D eigenvalue weighted by Crippen LogP contribution is -2.45. The maximum Gasteiger partial charge on any atom is 0.241 e. The Balaban J connectivity index is 1.36. The number of piperidine rings is 1. The summed E-state index contributed by atoms with van der Waals surface area (Å²) in [4.78, 5) is 17.2. The average molecular weight is 428 g/mol. The van der Waals surface area contributed by atoms with Gasteiger partial charge in [0.25, 0.3) is 0 Å².